The summed E-state index contributed by atoms with van der Waals surface area (Å²) in [7, 11) is 5.59. The standard InChI is InChI=1S/C84H135N13O27/c1-18-20-38-120-60(103)35-34-54(88-48(12)100)76(110)92-61(42(3)4)77(111)91-53(28-24-36-86-83(85)116)75(109)90-52-32-30-51(31-33-52)72(79(113)94-64-69(106)68(105)57(40-98)122-82(64)123-73-58(41-99)121-81(115)63(70(73)107)89-49(13)101)124-84(117)96(15)65(44(7)8)78(112)93-62(43(5)6)80(114)95(14)66(45(9)19-2)56(118-16)39-59(102)97-37-25-29-55(97)71(119-17)46(10)74(108)87-47(11)67(104)50-26-22-21-23-27-50/h21-23,26-27,30-33,42-47,53-58,61-73,81-82,98-99,104-107,115H,18-20,24-25,28-29,34-41H2,1-17H3,(H,87,108)(H,88,100)(H,89,101)(H,90,109)(H,91,111)(H,92,110)(H,93,112)(H,94,113)(H3,85,86,116)/t45-,46+,47+,53-,54-,55-,56+,57+,58+,61-,62-,63+,64+,65-,66-,67+,68+,69+,70+,71+,72?,73+,81+,82-/m0/s1. The quantitative estimate of drug-likeness (QED) is 0.0297. The molecule has 0 bridgehead atoms. The maximum absolute atomic E-state index is 15.4. The van der Waals surface area contributed by atoms with E-state index in [2.05, 4.69) is 47.9 Å². The van der Waals surface area contributed by atoms with Crippen LogP contribution in [0.1, 0.15) is 178 Å². The number of benzene rings is 2. The number of hydrogen-bond acceptors (Lipinski definition) is 27. The number of amides is 13. The predicted octanol–water partition coefficient (Wildman–Crippen LogP) is -0.355. The molecule has 0 spiro atoms. The zero-order valence-corrected chi connectivity index (χ0v) is 74.1. The predicted molar refractivity (Wildman–Crippen MR) is 447 cm³/mol. The number of nitrogens with zero attached hydrogens (tertiary/aromatic N) is 3. The lowest BCUT2D eigenvalue weighted by molar-refractivity contribution is -0.327. The van der Waals surface area contributed by atoms with Crippen molar-refractivity contribution in [2.24, 2.45) is 35.3 Å². The molecule has 5 rings (SSSR count). The molecular weight excluding hydrogens is 1620 g/mol. The monoisotopic (exact) mass is 1760 g/mol. The summed E-state index contributed by atoms with van der Waals surface area (Å²) in [5.74, 6) is -11.3. The van der Waals surface area contributed by atoms with E-state index < -0.39 is 242 Å². The van der Waals surface area contributed by atoms with Crippen molar-refractivity contribution in [2.45, 2.75) is 288 Å². The number of aliphatic hydroxyl groups is 7. The Balaban J connectivity index is 1.49. The highest BCUT2D eigenvalue weighted by atomic mass is 16.7. The SMILES string of the molecule is CCCCOC(=O)CC[C@H](NC(C)=O)C(=O)N[C@H](C(=O)N[C@@H](CCCNC(N)=O)C(=O)Nc1ccc(C(OC(=O)N(C)[C@H](C(=O)N[C@H](C(=O)N(C)[C@@H]([C@@H](C)CC)[C@@H](CC(=O)N2CCC[C@H]2[C@H](OC)[C@@H](C)C(=O)N[C@H](C)[C@@H](O)c2ccccc2)OC)C(C)C)C(C)C)C(=O)N[C@H]2[C@H](O[C@H]3[C@H](O)[C@@H](NC(C)=O)[C@H](O)O[C@@H]3CO)O[C@H](CO)[C@@H](O)[C@@H]2O)cc1)C(C)C. The number of esters is 1. The van der Waals surface area contributed by atoms with Gasteiger partial charge in [0.1, 0.15) is 78.9 Å². The number of nitrogens with one attached hydrogen (secondary N) is 9. The number of carbonyl (C=O) groups is 13. The van der Waals surface area contributed by atoms with Gasteiger partial charge in [-0.3, -0.25) is 57.6 Å². The molecular formula is C84H135N13O27. The molecule has 0 aromatic heterocycles. The molecule has 18 N–H and O–H groups in total. The molecule has 3 aliphatic rings. The Bertz CT molecular complexity index is 3810. The van der Waals surface area contributed by atoms with Crippen molar-refractivity contribution in [3.8, 4) is 0 Å². The van der Waals surface area contributed by atoms with Crippen LogP contribution in [-0.2, 0) is 85.9 Å². The first-order valence-corrected chi connectivity index (χ1v) is 42.4. The molecule has 698 valence electrons. The first-order valence-electron chi connectivity index (χ1n) is 42.4. The Hall–Kier alpha value is -9.33. The van der Waals surface area contributed by atoms with Crippen LogP contribution >= 0.6 is 0 Å². The van der Waals surface area contributed by atoms with Gasteiger partial charge in [-0.15, -0.1) is 0 Å². The summed E-state index contributed by atoms with van der Waals surface area (Å²) >= 11 is 0. The van der Waals surface area contributed by atoms with Gasteiger partial charge in [0.25, 0.3) is 5.91 Å². The van der Waals surface area contributed by atoms with E-state index in [9.17, 15) is 78.9 Å². The molecule has 0 saturated carbocycles. The molecule has 13 amide bonds. The lowest BCUT2D eigenvalue weighted by Crippen LogP contribution is -2.69. The minimum absolute atomic E-state index is 0.0322. The second kappa shape index (κ2) is 50.7. The van der Waals surface area contributed by atoms with Gasteiger partial charge in [-0.2, -0.15) is 0 Å². The van der Waals surface area contributed by atoms with E-state index >= 15 is 19.2 Å². The molecule has 3 fully saturated rings. The second-order valence-electron chi connectivity index (χ2n) is 33.0. The number of anilines is 1. The van der Waals surface area contributed by atoms with E-state index in [0.29, 0.717) is 37.8 Å². The molecule has 0 aliphatic carbocycles. The number of unbranched alkanes of at least 4 members (excludes halogenated alkanes) is 1. The molecule has 3 heterocycles. The lowest BCUT2D eigenvalue weighted by atomic mass is 9.89. The van der Waals surface area contributed by atoms with Gasteiger partial charge in [-0.05, 0) is 86.8 Å². The van der Waals surface area contributed by atoms with E-state index in [1.165, 1.54) is 57.5 Å². The fourth-order valence-electron chi connectivity index (χ4n) is 15.5. The van der Waals surface area contributed by atoms with E-state index in [0.717, 1.165) is 25.2 Å². The number of urea groups is 1. The third-order valence-electron chi connectivity index (χ3n) is 22.7. The number of hydrogen-bond donors (Lipinski definition) is 17. The third kappa shape index (κ3) is 29.7. The van der Waals surface area contributed by atoms with Crippen molar-refractivity contribution in [3.05, 3.63) is 65.7 Å². The van der Waals surface area contributed by atoms with Gasteiger partial charge in [0.05, 0.1) is 68.6 Å². The largest absolute Gasteiger partial charge is 0.466 e. The summed E-state index contributed by atoms with van der Waals surface area (Å²) in [6, 6.07) is 0.353. The van der Waals surface area contributed by atoms with Gasteiger partial charge in [0, 0.05) is 72.9 Å². The normalized spacial score (nSPS) is 23.3. The average molecular weight is 1760 g/mol. The van der Waals surface area contributed by atoms with E-state index in [4.69, 9.17) is 38.9 Å². The smallest absolute Gasteiger partial charge is 0.411 e. The lowest BCUT2D eigenvalue weighted by Gasteiger charge is -2.47. The number of carbonyl (C=O) groups excluding carboxylic acids is 13. The molecule has 2 aromatic rings. The van der Waals surface area contributed by atoms with Crippen LogP contribution in [0.3, 0.4) is 0 Å². The van der Waals surface area contributed by atoms with Gasteiger partial charge in [-0.25, -0.2) is 9.59 Å². The minimum atomic E-state index is -2.19. The zero-order chi connectivity index (χ0) is 92.8. The van der Waals surface area contributed by atoms with E-state index in [1.54, 1.807) is 84.6 Å². The third-order valence-corrected chi connectivity index (χ3v) is 22.7. The second-order valence-corrected chi connectivity index (χ2v) is 33.0. The Morgan fingerprint density at radius 2 is 1.27 bits per heavy atom. The molecule has 3 saturated heterocycles. The molecule has 3 aliphatic heterocycles. The molecule has 0 radical (unpaired) electrons. The van der Waals surface area contributed by atoms with Crippen LogP contribution in [0.15, 0.2) is 54.6 Å². The van der Waals surface area contributed by atoms with Crippen molar-refractivity contribution in [2.75, 3.05) is 66.5 Å². The van der Waals surface area contributed by atoms with Crippen molar-refractivity contribution in [1.29, 1.82) is 0 Å². The fraction of sp³-hybridized carbons (Fsp3) is 0.702. The van der Waals surface area contributed by atoms with Gasteiger partial charge < -0.3 is 132 Å². The minimum Gasteiger partial charge on any atom is -0.466 e. The van der Waals surface area contributed by atoms with Crippen LogP contribution in [0.2, 0.25) is 0 Å². The number of ether oxygens (including phenoxy) is 7. The van der Waals surface area contributed by atoms with Crippen LogP contribution in [0.25, 0.3) is 0 Å². The first-order chi connectivity index (χ1) is 58.5. The number of rotatable bonds is 47. The Kier molecular flexibility index (Phi) is 43.0. The number of likely N-dealkylation sites (tertiary alicyclic amines) is 1. The van der Waals surface area contributed by atoms with Crippen LogP contribution in [0, 0.1) is 29.6 Å². The highest BCUT2D eigenvalue weighted by molar-refractivity contribution is 5.99. The van der Waals surface area contributed by atoms with Crippen molar-refractivity contribution >= 4 is 82.9 Å². The summed E-state index contributed by atoms with van der Waals surface area (Å²) in [5, 5.41) is 101. The van der Waals surface area contributed by atoms with Gasteiger partial charge >= 0.3 is 18.1 Å². The highest BCUT2D eigenvalue weighted by Gasteiger charge is 2.53. The summed E-state index contributed by atoms with van der Waals surface area (Å²) in [5.41, 5.74) is 5.69. The Morgan fingerprint density at radius 1 is 0.637 bits per heavy atom. The zero-order valence-electron chi connectivity index (χ0n) is 74.1. The van der Waals surface area contributed by atoms with Crippen LogP contribution in [0.5, 0.6) is 0 Å². The van der Waals surface area contributed by atoms with Crippen molar-refractivity contribution < 1.29 is 131 Å². The number of methoxy groups -OCH3 is 2. The highest BCUT2D eigenvalue weighted by Crippen LogP contribution is 2.34. The van der Waals surface area contributed by atoms with Crippen LogP contribution in [0.4, 0.5) is 15.3 Å². The van der Waals surface area contributed by atoms with E-state index in [-0.39, 0.29) is 68.3 Å². The summed E-state index contributed by atoms with van der Waals surface area (Å²) in [4.78, 5) is 185. The maximum atomic E-state index is 15.4. The number of primary amides is 1. The average Bonchev–Trinajstić information content (AvgIpc) is 0.886. The van der Waals surface area contributed by atoms with E-state index in [1.807, 2.05) is 26.8 Å². The molecule has 40 heteroatoms. The summed E-state index contributed by atoms with van der Waals surface area (Å²) < 4.78 is 40.9. The molecule has 124 heavy (non-hydrogen) atoms. The fourth-order valence-corrected chi connectivity index (χ4v) is 15.5. The van der Waals surface area contributed by atoms with Gasteiger partial charge in [0.2, 0.25) is 59.3 Å². The molecule has 2 aromatic carbocycles. The number of likely N-dealkylation sites (N-methyl/N-ethyl adjacent to an activating group) is 2. The number of aliphatic hydroxyl groups excluding tert-OH is 7. The van der Waals surface area contributed by atoms with Gasteiger partial charge in [0.15, 0.2) is 12.6 Å². The van der Waals surface area contributed by atoms with Crippen molar-refractivity contribution in [3.63, 3.8) is 0 Å². The molecule has 40 nitrogen and oxygen atoms in total. The van der Waals surface area contributed by atoms with Crippen LogP contribution < -0.4 is 53.6 Å². The first kappa shape index (κ1) is 105. The molecule has 1 unspecified atom stereocenters. The maximum Gasteiger partial charge on any atom is 0.411 e. The van der Waals surface area contributed by atoms with Crippen LogP contribution in [-0.4, -0.2) is 311 Å². The molecule has 24 atom stereocenters. The summed E-state index contributed by atoms with van der Waals surface area (Å²) in [6.45, 7) is 19.5. The number of nitrogens with two attached hydrogens (primary N) is 1. The van der Waals surface area contributed by atoms with Gasteiger partial charge in [-0.1, -0.05) is 125 Å². The topological polar surface area (TPSA) is 572 Å². The summed E-state index contributed by atoms with van der Waals surface area (Å²) in [6.07, 6.45) is -19.3. The van der Waals surface area contributed by atoms with Crippen molar-refractivity contribution in [1.82, 2.24) is 57.2 Å². The Morgan fingerprint density at radius 3 is 1.83 bits per heavy atom. The Labute approximate surface area is 724 Å².